The van der Waals surface area contributed by atoms with E-state index >= 15 is 0 Å². The van der Waals surface area contributed by atoms with Crippen LogP contribution in [0.2, 0.25) is 0 Å². The van der Waals surface area contributed by atoms with Gasteiger partial charge in [-0.2, -0.15) is 0 Å². The van der Waals surface area contributed by atoms with E-state index in [1.807, 2.05) is 0 Å². The van der Waals surface area contributed by atoms with Gasteiger partial charge in [-0.25, -0.2) is 0 Å². The Labute approximate surface area is 260 Å². The van der Waals surface area contributed by atoms with Crippen molar-refractivity contribution in [3.63, 3.8) is 0 Å². The number of anilines is 5. The molecular weight excluding hydrogens is 532 g/mol. The number of rotatable bonds is 8. The lowest BCUT2D eigenvalue weighted by Crippen LogP contribution is -2.17. The third kappa shape index (κ3) is 5.84. The van der Waals surface area contributed by atoms with Crippen LogP contribution in [0.15, 0.2) is 188 Å². The van der Waals surface area contributed by atoms with Crippen LogP contribution in [0.1, 0.15) is 18.4 Å². The fraction of sp³-hybridized carbons (Fsp3) is 0.0476. The Balaban J connectivity index is 1.12. The fourth-order valence-electron chi connectivity index (χ4n) is 5.97. The molecule has 0 aromatic heterocycles. The number of allylic oxidation sites excluding steroid dienone is 4. The summed E-state index contributed by atoms with van der Waals surface area (Å²) in [5.41, 5.74) is 12.2. The van der Waals surface area contributed by atoms with Gasteiger partial charge in [-0.05, 0) is 102 Å². The molecule has 212 valence electrons. The lowest BCUT2D eigenvalue weighted by atomic mass is 9.93. The quantitative estimate of drug-likeness (QED) is 0.181. The molecule has 0 atom stereocenters. The molecule has 0 bridgehead atoms. The average molecular weight is 567 g/mol. The molecule has 1 aliphatic rings. The molecule has 0 saturated carbocycles. The van der Waals surface area contributed by atoms with Crippen LogP contribution in [0.25, 0.3) is 16.7 Å². The number of benzene rings is 6. The molecular formula is C42H34N2. The minimum Gasteiger partial charge on any atom is -0.314 e. The molecule has 0 fully saturated rings. The van der Waals surface area contributed by atoms with Gasteiger partial charge in [-0.1, -0.05) is 115 Å². The number of para-hydroxylation sites is 4. The van der Waals surface area contributed by atoms with Crippen molar-refractivity contribution in [2.75, 3.05) is 9.80 Å². The first-order valence-corrected chi connectivity index (χ1v) is 15.2. The summed E-state index contributed by atoms with van der Waals surface area (Å²) in [7, 11) is 0. The monoisotopic (exact) mass is 566 g/mol. The Hall–Kier alpha value is -5.60. The third-order valence-electron chi connectivity index (χ3n) is 8.19. The second-order valence-corrected chi connectivity index (χ2v) is 11.0. The highest BCUT2D eigenvalue weighted by atomic mass is 15.1. The van der Waals surface area contributed by atoms with Crippen LogP contribution in [0.4, 0.5) is 28.4 Å². The van der Waals surface area contributed by atoms with E-state index in [1.54, 1.807) is 0 Å². The van der Waals surface area contributed by atoms with Crippen molar-refractivity contribution in [3.8, 4) is 11.1 Å². The number of hydrogen-bond acceptors (Lipinski definition) is 2. The number of nitrogens with zero attached hydrogens (tertiary/aromatic N) is 2. The molecule has 7 rings (SSSR count). The predicted molar refractivity (Wildman–Crippen MR) is 187 cm³/mol. The standard InChI is InChI=1S/C42H34N2/c1-5-13-37(14-6-1)43(38-15-7-2-8-16-38)41-29-25-35(26-30-41)33-21-23-34(24-22-33)36-27-31-42(32-28-36)44(39-17-9-3-10-18-39)40-19-11-4-12-20-40/h1-27,29-31H,28,32H2. The lowest BCUT2D eigenvalue weighted by Gasteiger charge is -2.30. The maximum Gasteiger partial charge on any atom is 0.0462 e. The molecule has 0 amide bonds. The molecule has 0 unspecified atom stereocenters. The van der Waals surface area contributed by atoms with Gasteiger partial charge >= 0.3 is 0 Å². The molecule has 6 aromatic carbocycles. The van der Waals surface area contributed by atoms with E-state index in [1.165, 1.54) is 39.3 Å². The summed E-state index contributed by atoms with van der Waals surface area (Å²) in [5.74, 6) is 0. The first-order chi connectivity index (χ1) is 21.8. The van der Waals surface area contributed by atoms with E-state index in [4.69, 9.17) is 0 Å². The fourth-order valence-corrected chi connectivity index (χ4v) is 5.97. The van der Waals surface area contributed by atoms with Crippen LogP contribution < -0.4 is 9.80 Å². The zero-order chi connectivity index (χ0) is 29.6. The topological polar surface area (TPSA) is 6.48 Å². The van der Waals surface area contributed by atoms with Crippen molar-refractivity contribution in [3.05, 3.63) is 193 Å². The van der Waals surface area contributed by atoms with E-state index in [-0.39, 0.29) is 0 Å². The molecule has 0 N–H and O–H groups in total. The highest BCUT2D eigenvalue weighted by Crippen LogP contribution is 2.38. The smallest absolute Gasteiger partial charge is 0.0462 e. The van der Waals surface area contributed by atoms with Gasteiger partial charge in [0.2, 0.25) is 0 Å². The van der Waals surface area contributed by atoms with Crippen LogP contribution in [0, 0.1) is 0 Å². The van der Waals surface area contributed by atoms with Gasteiger partial charge in [-0.15, -0.1) is 0 Å². The largest absolute Gasteiger partial charge is 0.314 e. The summed E-state index contributed by atoms with van der Waals surface area (Å²) in [4.78, 5) is 4.66. The predicted octanol–water partition coefficient (Wildman–Crippen LogP) is 11.7. The zero-order valence-electron chi connectivity index (χ0n) is 24.6. The Kier molecular flexibility index (Phi) is 7.88. The van der Waals surface area contributed by atoms with E-state index < -0.39 is 0 Å². The Bertz CT molecular complexity index is 1780. The van der Waals surface area contributed by atoms with E-state index in [0.717, 1.165) is 29.9 Å². The second-order valence-electron chi connectivity index (χ2n) is 11.0. The summed E-state index contributed by atoms with van der Waals surface area (Å²) in [6.07, 6.45) is 6.57. The summed E-state index contributed by atoms with van der Waals surface area (Å²) in [6.45, 7) is 0. The first-order valence-electron chi connectivity index (χ1n) is 15.2. The molecule has 0 aliphatic heterocycles. The second kappa shape index (κ2) is 12.7. The molecule has 0 heterocycles. The molecule has 0 saturated heterocycles. The van der Waals surface area contributed by atoms with Crippen LogP contribution in [0.5, 0.6) is 0 Å². The zero-order valence-corrected chi connectivity index (χ0v) is 24.6. The van der Waals surface area contributed by atoms with E-state index in [9.17, 15) is 0 Å². The van der Waals surface area contributed by atoms with Crippen molar-refractivity contribution in [2.24, 2.45) is 0 Å². The molecule has 0 radical (unpaired) electrons. The molecule has 1 aliphatic carbocycles. The summed E-state index contributed by atoms with van der Waals surface area (Å²) in [6, 6.07) is 60.2. The summed E-state index contributed by atoms with van der Waals surface area (Å²) < 4.78 is 0. The van der Waals surface area contributed by atoms with Gasteiger partial charge in [0, 0.05) is 34.1 Å². The molecule has 44 heavy (non-hydrogen) atoms. The Morgan fingerprint density at radius 3 is 1.07 bits per heavy atom. The minimum absolute atomic E-state index is 0.984. The van der Waals surface area contributed by atoms with Crippen LogP contribution >= 0.6 is 0 Å². The first kappa shape index (κ1) is 27.2. The maximum absolute atomic E-state index is 2.37. The van der Waals surface area contributed by atoms with Gasteiger partial charge in [0.1, 0.15) is 0 Å². The van der Waals surface area contributed by atoms with Crippen LogP contribution in [-0.2, 0) is 0 Å². The van der Waals surface area contributed by atoms with Gasteiger partial charge in [0.25, 0.3) is 0 Å². The highest BCUT2D eigenvalue weighted by molar-refractivity contribution is 5.79. The molecule has 2 heteroatoms. The Morgan fingerprint density at radius 1 is 0.295 bits per heavy atom. The Morgan fingerprint density at radius 2 is 0.659 bits per heavy atom. The molecule has 2 nitrogen and oxygen atoms in total. The van der Waals surface area contributed by atoms with Crippen molar-refractivity contribution >= 4 is 34.0 Å². The van der Waals surface area contributed by atoms with Gasteiger partial charge in [-0.3, -0.25) is 0 Å². The van der Waals surface area contributed by atoms with Crippen LogP contribution in [0.3, 0.4) is 0 Å². The lowest BCUT2D eigenvalue weighted by molar-refractivity contribution is 0.930. The van der Waals surface area contributed by atoms with Crippen LogP contribution in [-0.4, -0.2) is 0 Å². The summed E-state index contributed by atoms with van der Waals surface area (Å²) in [5, 5.41) is 0. The summed E-state index contributed by atoms with van der Waals surface area (Å²) >= 11 is 0. The minimum atomic E-state index is 0.984. The van der Waals surface area contributed by atoms with E-state index in [2.05, 4.69) is 192 Å². The molecule has 6 aromatic rings. The van der Waals surface area contributed by atoms with Crippen molar-refractivity contribution < 1.29 is 0 Å². The van der Waals surface area contributed by atoms with Gasteiger partial charge in [0.15, 0.2) is 0 Å². The third-order valence-corrected chi connectivity index (χ3v) is 8.19. The highest BCUT2D eigenvalue weighted by Gasteiger charge is 2.18. The van der Waals surface area contributed by atoms with Crippen molar-refractivity contribution in [1.82, 2.24) is 0 Å². The number of hydrogen-bond donors (Lipinski definition) is 0. The van der Waals surface area contributed by atoms with Crippen molar-refractivity contribution in [2.45, 2.75) is 12.8 Å². The average Bonchev–Trinajstić information content (AvgIpc) is 3.11. The SMILES string of the molecule is C1=C(c2ccc(-c3ccc(N(c4ccccc4)c4ccccc4)cc3)cc2)CCC(N(c2ccccc2)c2ccccc2)=C1. The van der Waals surface area contributed by atoms with Gasteiger partial charge < -0.3 is 9.80 Å². The normalized spacial score (nSPS) is 12.6. The molecule has 0 spiro atoms. The maximum atomic E-state index is 2.37. The van der Waals surface area contributed by atoms with E-state index in [0.29, 0.717) is 0 Å². The van der Waals surface area contributed by atoms with Gasteiger partial charge in [0.05, 0.1) is 0 Å². The van der Waals surface area contributed by atoms with Crippen molar-refractivity contribution in [1.29, 1.82) is 0 Å².